The van der Waals surface area contributed by atoms with Crippen LogP contribution in [-0.4, -0.2) is 25.2 Å². The van der Waals surface area contributed by atoms with Crippen LogP contribution >= 0.6 is 0 Å². The van der Waals surface area contributed by atoms with Gasteiger partial charge in [0.15, 0.2) is 0 Å². The van der Waals surface area contributed by atoms with Gasteiger partial charge >= 0.3 is 64.3 Å². The molecule has 1 rings (SSSR count). The number of carbonyl (C=O) groups is 1. The third-order valence-corrected chi connectivity index (χ3v) is 1.80. The molecule has 1 N–H and O–H groups in total. The van der Waals surface area contributed by atoms with E-state index < -0.39 is 29.7 Å². The molecule has 0 bridgehead atoms. The van der Waals surface area contributed by atoms with E-state index in [1.165, 1.54) is 0 Å². The number of benzene rings is 1. The Morgan fingerprint density at radius 3 is 2.38 bits per heavy atom. The van der Waals surface area contributed by atoms with Crippen molar-refractivity contribution < 1.29 is 79.0 Å². The molecule has 0 amide bonds. The van der Waals surface area contributed by atoms with Crippen molar-refractivity contribution in [3.63, 3.8) is 0 Å². The van der Waals surface area contributed by atoms with E-state index >= 15 is 0 Å². The maximum absolute atomic E-state index is 12.3. The van der Waals surface area contributed by atoms with Crippen molar-refractivity contribution in [2.75, 3.05) is 7.11 Å². The summed E-state index contributed by atoms with van der Waals surface area (Å²) >= 11 is 0. The predicted molar refractivity (Wildman–Crippen MR) is 48.2 cm³/mol. The zero-order chi connectivity index (χ0) is 11.6. The standard InChI is InChI=1S/C8H7BF3O3.K/c1-15-8(14)6-4-5(9(10,11)12)2-3-7(6)13;/h2-4,13H,1H3;/q-1;+1. The fourth-order valence-corrected chi connectivity index (χ4v) is 1.03. The Kier molecular flexibility index (Phi) is 6.05. The first-order valence-corrected chi connectivity index (χ1v) is 3.97. The fourth-order valence-electron chi connectivity index (χ4n) is 1.03. The number of phenols is 1. The van der Waals surface area contributed by atoms with Crippen LogP contribution in [0.3, 0.4) is 0 Å². The fraction of sp³-hybridized carbons (Fsp3) is 0.125. The topological polar surface area (TPSA) is 46.5 Å². The van der Waals surface area contributed by atoms with Crippen LogP contribution in [0.4, 0.5) is 12.9 Å². The third kappa shape index (κ3) is 3.78. The molecule has 0 atom stereocenters. The number of hydrogen-bond acceptors (Lipinski definition) is 3. The monoisotopic (exact) mass is 258 g/mol. The average molecular weight is 258 g/mol. The molecule has 0 aliphatic heterocycles. The van der Waals surface area contributed by atoms with E-state index in [1.807, 2.05) is 0 Å². The van der Waals surface area contributed by atoms with Gasteiger partial charge in [0.1, 0.15) is 5.75 Å². The second-order valence-corrected chi connectivity index (χ2v) is 2.84. The summed E-state index contributed by atoms with van der Waals surface area (Å²) in [7, 11) is 1.02. The van der Waals surface area contributed by atoms with Crippen LogP contribution in [0, 0.1) is 0 Å². The van der Waals surface area contributed by atoms with Gasteiger partial charge in [-0.25, -0.2) is 4.79 Å². The zero-order valence-electron chi connectivity index (χ0n) is 8.71. The van der Waals surface area contributed by atoms with Crippen LogP contribution in [0.2, 0.25) is 0 Å². The maximum Gasteiger partial charge on any atom is 1.00 e. The van der Waals surface area contributed by atoms with E-state index in [1.54, 1.807) is 0 Å². The van der Waals surface area contributed by atoms with Crippen molar-refractivity contribution in [3.05, 3.63) is 23.8 Å². The van der Waals surface area contributed by atoms with E-state index in [4.69, 9.17) is 5.11 Å². The molecule has 8 heteroatoms. The van der Waals surface area contributed by atoms with Gasteiger partial charge in [-0.15, -0.1) is 5.46 Å². The molecule has 0 saturated carbocycles. The molecule has 82 valence electrons. The molecule has 0 aromatic heterocycles. The van der Waals surface area contributed by atoms with Gasteiger partial charge in [0, 0.05) is 0 Å². The minimum absolute atomic E-state index is 0. The maximum atomic E-state index is 12.3. The minimum atomic E-state index is -5.19. The molecule has 3 nitrogen and oxygen atoms in total. The summed E-state index contributed by atoms with van der Waals surface area (Å²) in [6.07, 6.45) is 0. The van der Waals surface area contributed by atoms with Crippen LogP contribution in [0.1, 0.15) is 10.4 Å². The molecule has 0 spiro atoms. The van der Waals surface area contributed by atoms with E-state index in [2.05, 4.69) is 4.74 Å². The molecule has 0 heterocycles. The zero-order valence-corrected chi connectivity index (χ0v) is 11.8. The first-order chi connectivity index (χ1) is 6.86. The Morgan fingerprint density at radius 2 is 1.94 bits per heavy atom. The Bertz CT molecular complexity index is 395. The predicted octanol–water partition coefficient (Wildman–Crippen LogP) is -1.76. The van der Waals surface area contributed by atoms with Crippen LogP contribution in [-0.2, 0) is 4.74 Å². The molecule has 0 aliphatic rings. The van der Waals surface area contributed by atoms with Crippen LogP contribution in [0.15, 0.2) is 18.2 Å². The SMILES string of the molecule is COC(=O)c1cc([B-](F)(F)F)ccc1O.[K+]. The first-order valence-electron chi connectivity index (χ1n) is 3.97. The van der Waals surface area contributed by atoms with Crippen molar-refractivity contribution >= 4 is 18.4 Å². The molecule has 1 aromatic rings. The second-order valence-electron chi connectivity index (χ2n) is 2.84. The molecule has 0 aliphatic carbocycles. The Balaban J connectivity index is 0.00000225. The number of hydrogen-bond donors (Lipinski definition) is 1. The van der Waals surface area contributed by atoms with Crippen LogP contribution < -0.4 is 56.8 Å². The van der Waals surface area contributed by atoms with Crippen molar-refractivity contribution in [1.82, 2.24) is 0 Å². The summed E-state index contributed by atoms with van der Waals surface area (Å²) in [4.78, 5) is 11.0. The van der Waals surface area contributed by atoms with E-state index in [9.17, 15) is 17.7 Å². The van der Waals surface area contributed by atoms with Crippen molar-refractivity contribution in [1.29, 1.82) is 0 Å². The molecule has 0 unspecified atom stereocenters. The number of carbonyl (C=O) groups excluding carboxylic acids is 1. The molecular formula is C8H7BF3KO3. The number of aromatic hydroxyl groups is 1. The number of halogens is 3. The largest absolute Gasteiger partial charge is 1.00 e. The molecule has 0 fully saturated rings. The van der Waals surface area contributed by atoms with Gasteiger partial charge in [0.05, 0.1) is 12.7 Å². The van der Waals surface area contributed by atoms with Gasteiger partial charge in [-0.05, 0) is 6.07 Å². The summed E-state index contributed by atoms with van der Waals surface area (Å²) in [6.45, 7) is -5.19. The van der Waals surface area contributed by atoms with Crippen LogP contribution in [0.25, 0.3) is 0 Å². The Morgan fingerprint density at radius 1 is 1.38 bits per heavy atom. The third-order valence-electron chi connectivity index (χ3n) is 1.80. The van der Waals surface area contributed by atoms with E-state index in [-0.39, 0.29) is 51.4 Å². The number of ether oxygens (including phenoxy) is 1. The van der Waals surface area contributed by atoms with Crippen molar-refractivity contribution in [2.45, 2.75) is 0 Å². The van der Waals surface area contributed by atoms with Gasteiger partial charge in [-0.2, -0.15) is 0 Å². The minimum Gasteiger partial charge on any atom is -0.507 e. The average Bonchev–Trinajstić information content (AvgIpc) is 2.15. The van der Waals surface area contributed by atoms with Gasteiger partial charge in [0.2, 0.25) is 0 Å². The first kappa shape index (κ1) is 16.0. The summed E-state index contributed by atoms with van der Waals surface area (Å²) in [5, 5.41) is 9.14. The Hall–Kier alpha value is -0.0187. The molecule has 0 radical (unpaired) electrons. The van der Waals surface area contributed by atoms with Crippen LogP contribution in [0.5, 0.6) is 5.75 Å². The number of phenolic OH excluding ortho intramolecular Hbond substituents is 1. The van der Waals surface area contributed by atoms with Gasteiger partial charge in [0.25, 0.3) is 0 Å². The Labute approximate surface area is 132 Å². The molecule has 1 aromatic carbocycles. The molecule has 0 saturated heterocycles. The second kappa shape index (κ2) is 6.06. The number of methoxy groups -OCH3 is 1. The smallest absolute Gasteiger partial charge is 0.507 e. The van der Waals surface area contributed by atoms with E-state index in [0.29, 0.717) is 12.1 Å². The normalized spacial score (nSPS) is 10.5. The number of rotatable bonds is 2. The summed E-state index contributed by atoms with van der Waals surface area (Å²) < 4.78 is 41.1. The summed E-state index contributed by atoms with van der Waals surface area (Å²) in [5.74, 6) is -1.54. The van der Waals surface area contributed by atoms with Gasteiger partial charge in [-0.3, -0.25) is 0 Å². The van der Waals surface area contributed by atoms with Gasteiger partial charge < -0.3 is 22.8 Å². The molecule has 16 heavy (non-hydrogen) atoms. The number of esters is 1. The van der Waals surface area contributed by atoms with Crippen molar-refractivity contribution in [3.8, 4) is 5.75 Å². The molecular weight excluding hydrogens is 251 g/mol. The van der Waals surface area contributed by atoms with Crippen molar-refractivity contribution in [2.24, 2.45) is 0 Å². The summed E-state index contributed by atoms with van der Waals surface area (Å²) in [5.41, 5.74) is -1.44. The van der Waals surface area contributed by atoms with E-state index in [0.717, 1.165) is 13.2 Å². The summed E-state index contributed by atoms with van der Waals surface area (Å²) in [6, 6.07) is 2.10. The van der Waals surface area contributed by atoms with Gasteiger partial charge in [-0.1, -0.05) is 12.1 Å². The quantitative estimate of drug-likeness (QED) is 0.505.